The Morgan fingerprint density at radius 1 is 0.957 bits per heavy atom. The van der Waals surface area contributed by atoms with E-state index in [4.69, 9.17) is 29.2 Å². The summed E-state index contributed by atoms with van der Waals surface area (Å²) >= 11 is 0. The predicted octanol–water partition coefficient (Wildman–Crippen LogP) is 7.72. The van der Waals surface area contributed by atoms with E-state index in [9.17, 15) is 9.36 Å². The maximum atomic E-state index is 14.5. The molecule has 0 saturated carbocycles. The smallest absolute Gasteiger partial charge is 0.459 e. The molecule has 0 aliphatic heterocycles. The Kier molecular flexibility index (Phi) is 11.1. The van der Waals surface area contributed by atoms with Gasteiger partial charge in [0, 0.05) is 23.4 Å². The van der Waals surface area contributed by atoms with Crippen LogP contribution in [0.1, 0.15) is 65.7 Å². The maximum absolute atomic E-state index is 14.5. The first-order chi connectivity index (χ1) is 22.6. The Labute approximate surface area is 275 Å². The normalized spacial score (nSPS) is 14.4. The summed E-state index contributed by atoms with van der Waals surface area (Å²) in [5.74, 6) is 0.893. The summed E-state index contributed by atoms with van der Waals surface area (Å²) in [5.41, 5.74) is 8.69. The number of fused-ring (bicyclic) bond motifs is 4. The Morgan fingerprint density at radius 2 is 1.68 bits per heavy atom. The molecule has 0 amide bonds. The molecule has 47 heavy (non-hydrogen) atoms. The van der Waals surface area contributed by atoms with Crippen molar-refractivity contribution in [1.82, 2.24) is 19.6 Å². The molecule has 5 aromatic rings. The van der Waals surface area contributed by atoms with Gasteiger partial charge in [0.1, 0.15) is 29.7 Å². The number of nitrogens with two attached hydrogens (primary N) is 1. The molecule has 0 aliphatic carbocycles. The van der Waals surface area contributed by atoms with Crippen molar-refractivity contribution in [3.63, 3.8) is 0 Å². The van der Waals surface area contributed by atoms with E-state index in [0.717, 1.165) is 45.9 Å². The third-order valence-corrected chi connectivity index (χ3v) is 9.45. The number of imidazole rings is 1. The minimum atomic E-state index is -4.11. The van der Waals surface area contributed by atoms with Crippen molar-refractivity contribution in [2.24, 2.45) is 0 Å². The summed E-state index contributed by atoms with van der Waals surface area (Å²) < 4.78 is 40.1. The van der Waals surface area contributed by atoms with Crippen LogP contribution >= 0.6 is 7.75 Å². The van der Waals surface area contributed by atoms with Crippen LogP contribution in [0.4, 0.5) is 5.82 Å². The Hall–Kier alpha value is -4.02. The second-order valence-electron chi connectivity index (χ2n) is 11.7. The van der Waals surface area contributed by atoms with Crippen LogP contribution in [0, 0.1) is 0 Å². The molecule has 0 aliphatic rings. The Morgan fingerprint density at radius 3 is 2.43 bits per heavy atom. The average Bonchev–Trinajstić information content (AvgIpc) is 3.43. The van der Waals surface area contributed by atoms with Crippen molar-refractivity contribution in [1.29, 1.82) is 0 Å². The number of pyridine rings is 1. The number of nitrogens with zero attached hydrogens (tertiary/aromatic N) is 3. The van der Waals surface area contributed by atoms with Gasteiger partial charge in [-0.15, -0.1) is 0 Å². The maximum Gasteiger partial charge on any atom is 0.459 e. The number of rotatable bonds is 16. The van der Waals surface area contributed by atoms with Crippen LogP contribution < -0.4 is 15.3 Å². The second-order valence-corrected chi connectivity index (χ2v) is 13.4. The summed E-state index contributed by atoms with van der Waals surface area (Å²) in [6.07, 6.45) is 1.78. The highest BCUT2D eigenvalue weighted by Gasteiger charge is 2.34. The van der Waals surface area contributed by atoms with Gasteiger partial charge < -0.3 is 24.3 Å². The number of nitrogens with one attached hydrogen (secondary N) is 1. The van der Waals surface area contributed by atoms with Gasteiger partial charge in [-0.05, 0) is 58.1 Å². The van der Waals surface area contributed by atoms with E-state index in [1.165, 1.54) is 0 Å². The minimum Gasteiger partial charge on any atom is -0.462 e. The number of esters is 1. The van der Waals surface area contributed by atoms with Crippen LogP contribution in [0.3, 0.4) is 0 Å². The van der Waals surface area contributed by atoms with E-state index in [1.807, 2.05) is 67.6 Å². The number of carbonyl (C=O) groups excluding carboxylic acids is 1. The molecular formula is C35H44N5O6P. The van der Waals surface area contributed by atoms with E-state index in [1.54, 1.807) is 26.8 Å². The first kappa shape index (κ1) is 34.3. The molecule has 0 radical (unpaired) electrons. The van der Waals surface area contributed by atoms with E-state index in [-0.39, 0.29) is 18.8 Å². The fourth-order valence-electron chi connectivity index (χ4n) is 5.72. The standard InChI is InChI=1S/C35H44N5O6P/c1-6-13-26(40-31(22-43-7-2)38-32-33(40)28-17-10-11-18-29(28)37-34(32)36)20-21-44-47(42,39-24(5)35(41)45-23(3)4)46-30-19-12-15-25-14-8-9-16-27(25)30/h8-12,14-19,23-24,26H,6-7,13,20-22H2,1-5H3,(H2,36,37)(H,39,42)/t24-,26-,47+/m0/s1. The summed E-state index contributed by atoms with van der Waals surface area (Å²) in [6, 6.07) is 19.9. The zero-order chi connectivity index (χ0) is 33.6. The van der Waals surface area contributed by atoms with Crippen molar-refractivity contribution >= 4 is 52.2 Å². The van der Waals surface area contributed by atoms with E-state index >= 15 is 0 Å². The molecule has 0 saturated heterocycles. The lowest BCUT2D eigenvalue weighted by Gasteiger charge is -2.26. The molecule has 2 aromatic heterocycles. The highest BCUT2D eigenvalue weighted by Crippen LogP contribution is 2.47. The molecule has 0 unspecified atom stereocenters. The number of nitrogen functional groups attached to an aromatic ring is 1. The number of ether oxygens (including phenoxy) is 2. The fourth-order valence-corrected chi connectivity index (χ4v) is 7.24. The van der Waals surface area contributed by atoms with Crippen molar-refractivity contribution in [3.8, 4) is 5.75 Å². The Bertz CT molecular complexity index is 1890. The van der Waals surface area contributed by atoms with Gasteiger partial charge in [-0.1, -0.05) is 67.9 Å². The largest absolute Gasteiger partial charge is 0.462 e. The zero-order valence-corrected chi connectivity index (χ0v) is 28.5. The molecule has 12 heteroatoms. The lowest BCUT2D eigenvalue weighted by molar-refractivity contribution is -0.149. The van der Waals surface area contributed by atoms with Crippen molar-refractivity contribution in [2.45, 2.75) is 78.7 Å². The van der Waals surface area contributed by atoms with Crippen LogP contribution in [-0.2, 0) is 30.0 Å². The first-order valence-corrected chi connectivity index (χ1v) is 17.7. The van der Waals surface area contributed by atoms with Crippen molar-refractivity contribution in [2.75, 3.05) is 18.9 Å². The Balaban J connectivity index is 1.48. The van der Waals surface area contributed by atoms with Crippen LogP contribution in [-0.4, -0.2) is 45.9 Å². The summed E-state index contributed by atoms with van der Waals surface area (Å²) in [5, 5.41) is 5.44. The zero-order valence-electron chi connectivity index (χ0n) is 27.6. The summed E-state index contributed by atoms with van der Waals surface area (Å²) in [7, 11) is -4.11. The molecule has 250 valence electrons. The summed E-state index contributed by atoms with van der Waals surface area (Å²) in [4.78, 5) is 22.2. The lowest BCUT2D eigenvalue weighted by atomic mass is 10.1. The molecule has 11 nitrogen and oxygen atoms in total. The number of hydrogen-bond acceptors (Lipinski definition) is 9. The van der Waals surface area contributed by atoms with Gasteiger partial charge in [-0.3, -0.25) is 9.32 Å². The highest BCUT2D eigenvalue weighted by atomic mass is 31.2. The van der Waals surface area contributed by atoms with Crippen LogP contribution in [0.15, 0.2) is 66.7 Å². The van der Waals surface area contributed by atoms with Gasteiger partial charge in [-0.25, -0.2) is 14.5 Å². The van der Waals surface area contributed by atoms with Gasteiger partial charge in [-0.2, -0.15) is 5.09 Å². The van der Waals surface area contributed by atoms with Crippen molar-refractivity contribution < 1.29 is 27.9 Å². The van der Waals surface area contributed by atoms with Gasteiger partial charge in [0.2, 0.25) is 0 Å². The number of aromatic nitrogens is 3. The molecular weight excluding hydrogens is 617 g/mol. The molecule has 0 spiro atoms. The molecule has 0 bridgehead atoms. The average molecular weight is 662 g/mol. The third kappa shape index (κ3) is 7.93. The predicted molar refractivity (Wildman–Crippen MR) is 185 cm³/mol. The number of benzene rings is 3. The van der Waals surface area contributed by atoms with E-state index in [0.29, 0.717) is 36.7 Å². The number of hydrogen-bond donors (Lipinski definition) is 2. The number of carbonyl (C=O) groups is 1. The highest BCUT2D eigenvalue weighted by molar-refractivity contribution is 7.52. The molecule has 3 N–H and O–H groups in total. The van der Waals surface area contributed by atoms with E-state index in [2.05, 4.69) is 21.6 Å². The van der Waals surface area contributed by atoms with Gasteiger partial charge in [0.15, 0.2) is 5.82 Å². The number of anilines is 1. The lowest BCUT2D eigenvalue weighted by Crippen LogP contribution is -2.36. The molecule has 2 heterocycles. The minimum absolute atomic E-state index is 0.0535. The number of para-hydroxylation sites is 1. The molecule has 3 atom stereocenters. The van der Waals surface area contributed by atoms with Crippen molar-refractivity contribution in [3.05, 3.63) is 72.6 Å². The summed E-state index contributed by atoms with van der Waals surface area (Å²) in [6.45, 7) is 10.0. The second kappa shape index (κ2) is 15.3. The van der Waals surface area contributed by atoms with Crippen LogP contribution in [0.25, 0.3) is 32.7 Å². The fraction of sp³-hybridized carbons (Fsp3) is 0.400. The third-order valence-electron chi connectivity index (χ3n) is 7.79. The van der Waals surface area contributed by atoms with Gasteiger partial charge in [0.25, 0.3) is 0 Å². The molecule has 3 aromatic carbocycles. The topological polar surface area (TPSA) is 140 Å². The molecule has 5 rings (SSSR count). The van der Waals surface area contributed by atoms with Crippen LogP contribution in [0.2, 0.25) is 0 Å². The SMILES string of the molecule is CCC[C@@H](CCO[P@](=O)(N[C@@H](C)C(=O)OC(C)C)Oc1cccc2ccccc12)n1c(COCC)nc2c(N)nc3ccccc3c21. The van der Waals surface area contributed by atoms with Crippen LogP contribution in [0.5, 0.6) is 5.75 Å². The van der Waals surface area contributed by atoms with Gasteiger partial charge >= 0.3 is 13.7 Å². The van der Waals surface area contributed by atoms with E-state index < -0.39 is 19.8 Å². The first-order valence-electron chi connectivity index (χ1n) is 16.2. The van der Waals surface area contributed by atoms with Gasteiger partial charge in [0.05, 0.1) is 23.7 Å². The molecule has 0 fully saturated rings. The monoisotopic (exact) mass is 661 g/mol. The quantitative estimate of drug-likeness (QED) is 0.0798.